The van der Waals surface area contributed by atoms with Crippen molar-refractivity contribution in [3.05, 3.63) is 87.3 Å². The highest BCUT2D eigenvalue weighted by Crippen LogP contribution is 2.16. The van der Waals surface area contributed by atoms with E-state index in [4.69, 9.17) is 0 Å². The Kier molecular flexibility index (Phi) is 6.61. The molecule has 0 radical (unpaired) electrons. The van der Waals surface area contributed by atoms with Gasteiger partial charge in [-0.1, -0.05) is 54.2 Å². The van der Waals surface area contributed by atoms with Crippen LogP contribution in [0.15, 0.2) is 64.5 Å². The molecule has 0 bridgehead atoms. The molecule has 0 aliphatic heterocycles. The highest BCUT2D eigenvalue weighted by molar-refractivity contribution is 7.99. The Hall–Kier alpha value is -3.19. The van der Waals surface area contributed by atoms with Gasteiger partial charge in [0, 0.05) is 28.9 Å². The zero-order chi connectivity index (χ0) is 20.8. The fourth-order valence-corrected chi connectivity index (χ4v) is 3.51. The van der Waals surface area contributed by atoms with Crippen LogP contribution < -0.4 is 10.9 Å². The molecule has 0 fully saturated rings. The number of carbonyl (C=O) groups is 2. The van der Waals surface area contributed by atoms with Gasteiger partial charge in [-0.2, -0.15) is 0 Å². The summed E-state index contributed by atoms with van der Waals surface area (Å²) in [5.74, 6) is -0.224. The van der Waals surface area contributed by atoms with Crippen LogP contribution in [0, 0.1) is 6.92 Å². The van der Waals surface area contributed by atoms with Gasteiger partial charge in [0.1, 0.15) is 0 Å². The van der Waals surface area contributed by atoms with E-state index < -0.39 is 0 Å². The number of anilines is 1. The van der Waals surface area contributed by atoms with Crippen LogP contribution in [0.3, 0.4) is 0 Å². The monoisotopic (exact) mass is 407 g/mol. The number of aromatic amines is 1. The smallest absolute Gasteiger partial charge is 0.255 e. The third-order valence-electron chi connectivity index (χ3n) is 4.32. The van der Waals surface area contributed by atoms with Gasteiger partial charge < -0.3 is 10.3 Å². The van der Waals surface area contributed by atoms with Gasteiger partial charge in [0.05, 0.1) is 5.75 Å². The zero-order valence-electron chi connectivity index (χ0n) is 16.2. The molecule has 1 aromatic heterocycles. The van der Waals surface area contributed by atoms with Gasteiger partial charge >= 0.3 is 0 Å². The van der Waals surface area contributed by atoms with Gasteiger partial charge in [-0.05, 0) is 31.5 Å². The summed E-state index contributed by atoms with van der Waals surface area (Å²) in [6.07, 6.45) is 0.507. The van der Waals surface area contributed by atoms with Gasteiger partial charge in [-0.3, -0.25) is 14.4 Å². The molecule has 7 heteroatoms. The largest absolute Gasteiger partial charge is 0.325 e. The number of ketones is 1. The lowest BCUT2D eigenvalue weighted by molar-refractivity contribution is -0.113. The minimum Gasteiger partial charge on any atom is -0.325 e. The van der Waals surface area contributed by atoms with Gasteiger partial charge in [0.25, 0.3) is 5.56 Å². The summed E-state index contributed by atoms with van der Waals surface area (Å²) in [5, 5.41) is 3.15. The molecule has 148 valence electrons. The molecule has 2 aromatic carbocycles. The Morgan fingerprint density at radius 1 is 1.10 bits per heavy atom. The molecule has 0 aliphatic carbocycles. The maximum atomic E-state index is 12.5. The first-order valence-electron chi connectivity index (χ1n) is 9.10. The lowest BCUT2D eigenvalue weighted by Crippen LogP contribution is -2.19. The predicted octanol–water partition coefficient (Wildman–Crippen LogP) is 3.60. The quantitative estimate of drug-likeness (QED) is 0.355. The highest BCUT2D eigenvalue weighted by Gasteiger charge is 2.11. The maximum absolute atomic E-state index is 12.5. The topological polar surface area (TPSA) is 91.9 Å². The van der Waals surface area contributed by atoms with Crippen molar-refractivity contribution in [2.75, 3.05) is 11.1 Å². The molecular weight excluding hydrogens is 386 g/mol. The van der Waals surface area contributed by atoms with Gasteiger partial charge in [-0.25, -0.2) is 4.98 Å². The number of H-pyrrole nitrogens is 1. The van der Waals surface area contributed by atoms with Crippen LogP contribution in [0.1, 0.15) is 34.1 Å². The summed E-state index contributed by atoms with van der Waals surface area (Å²) in [5.41, 5.74) is 3.19. The van der Waals surface area contributed by atoms with E-state index in [1.54, 1.807) is 31.2 Å². The summed E-state index contributed by atoms with van der Waals surface area (Å²) in [4.78, 5) is 43.3. The summed E-state index contributed by atoms with van der Waals surface area (Å²) < 4.78 is 0. The van der Waals surface area contributed by atoms with Crippen LogP contribution in [-0.2, 0) is 11.2 Å². The van der Waals surface area contributed by atoms with E-state index in [9.17, 15) is 14.4 Å². The maximum Gasteiger partial charge on any atom is 0.255 e. The molecule has 3 rings (SSSR count). The Balaban J connectivity index is 1.63. The molecule has 0 saturated heterocycles. The number of aromatic nitrogens is 2. The lowest BCUT2D eigenvalue weighted by Gasteiger charge is -2.08. The van der Waals surface area contributed by atoms with Crippen LogP contribution in [0.2, 0.25) is 0 Å². The highest BCUT2D eigenvalue weighted by atomic mass is 32.2. The predicted molar refractivity (Wildman–Crippen MR) is 115 cm³/mol. The third kappa shape index (κ3) is 5.65. The van der Waals surface area contributed by atoms with Crippen LogP contribution in [0.5, 0.6) is 0 Å². The number of hydrogen-bond donors (Lipinski definition) is 2. The Labute approximate surface area is 172 Å². The van der Waals surface area contributed by atoms with Crippen LogP contribution in [0.4, 0.5) is 5.69 Å². The Morgan fingerprint density at radius 2 is 1.86 bits per heavy atom. The van der Waals surface area contributed by atoms with Crippen molar-refractivity contribution in [3.8, 4) is 0 Å². The SMILES string of the molecule is CC(=O)c1cccc(NC(=O)CSc2nc(C)c(Cc3ccccc3)c(=O)[nH]2)c1. The van der Waals surface area contributed by atoms with Crippen molar-refractivity contribution in [2.24, 2.45) is 0 Å². The zero-order valence-corrected chi connectivity index (χ0v) is 17.0. The van der Waals surface area contributed by atoms with Gasteiger partial charge in [0.2, 0.25) is 5.91 Å². The fourth-order valence-electron chi connectivity index (χ4n) is 2.81. The number of aryl methyl sites for hydroxylation is 1. The van der Waals surface area contributed by atoms with E-state index in [0.29, 0.717) is 34.1 Å². The normalized spacial score (nSPS) is 10.6. The van der Waals surface area contributed by atoms with Crippen LogP contribution >= 0.6 is 11.8 Å². The average Bonchev–Trinajstić information content (AvgIpc) is 2.70. The third-order valence-corrected chi connectivity index (χ3v) is 5.19. The van der Waals surface area contributed by atoms with Crippen LogP contribution in [0.25, 0.3) is 0 Å². The van der Waals surface area contributed by atoms with E-state index in [-0.39, 0.29) is 23.0 Å². The standard InChI is InChI=1S/C22H21N3O3S/c1-14-19(11-16-7-4-3-5-8-16)21(28)25-22(23-14)29-13-20(27)24-18-10-6-9-17(12-18)15(2)26/h3-10,12H,11,13H2,1-2H3,(H,24,27)(H,23,25,28). The number of Topliss-reactive ketones (excluding diaryl/α,β-unsaturated/α-hetero) is 1. The van der Waals surface area contributed by atoms with Crippen molar-refractivity contribution in [2.45, 2.75) is 25.4 Å². The number of hydrogen-bond acceptors (Lipinski definition) is 5. The first-order valence-corrected chi connectivity index (χ1v) is 10.1. The minimum atomic E-state index is -0.246. The second-order valence-corrected chi connectivity index (χ2v) is 7.54. The summed E-state index contributed by atoms with van der Waals surface area (Å²) in [6, 6.07) is 16.5. The molecule has 29 heavy (non-hydrogen) atoms. The van der Waals surface area contributed by atoms with Crippen molar-refractivity contribution in [3.63, 3.8) is 0 Å². The molecule has 0 spiro atoms. The first-order chi connectivity index (χ1) is 13.9. The molecule has 3 aromatic rings. The molecular formula is C22H21N3O3S. The first kappa shape index (κ1) is 20.5. The van der Waals surface area contributed by atoms with Crippen molar-refractivity contribution in [1.82, 2.24) is 9.97 Å². The molecule has 0 aliphatic rings. The lowest BCUT2D eigenvalue weighted by atomic mass is 10.1. The number of rotatable bonds is 7. The van der Waals surface area contributed by atoms with E-state index in [1.807, 2.05) is 30.3 Å². The number of nitrogens with one attached hydrogen (secondary N) is 2. The Bertz CT molecular complexity index is 1090. The van der Waals surface area contributed by atoms with Crippen LogP contribution in [-0.4, -0.2) is 27.4 Å². The van der Waals surface area contributed by atoms with Gasteiger partial charge in [0.15, 0.2) is 10.9 Å². The van der Waals surface area contributed by atoms with Gasteiger partial charge in [-0.15, -0.1) is 0 Å². The molecule has 1 heterocycles. The number of carbonyl (C=O) groups excluding carboxylic acids is 2. The second kappa shape index (κ2) is 9.34. The average molecular weight is 407 g/mol. The molecule has 1 amide bonds. The number of benzene rings is 2. The molecule has 0 atom stereocenters. The van der Waals surface area contributed by atoms with E-state index in [1.165, 1.54) is 6.92 Å². The van der Waals surface area contributed by atoms with E-state index in [0.717, 1.165) is 17.3 Å². The summed E-state index contributed by atoms with van der Waals surface area (Å²) >= 11 is 1.16. The molecule has 6 nitrogen and oxygen atoms in total. The van der Waals surface area contributed by atoms with Crippen molar-refractivity contribution >= 4 is 29.1 Å². The van der Waals surface area contributed by atoms with E-state index in [2.05, 4.69) is 15.3 Å². The van der Waals surface area contributed by atoms with Crippen molar-refractivity contribution in [1.29, 1.82) is 0 Å². The summed E-state index contributed by atoms with van der Waals surface area (Å²) in [6.45, 7) is 3.27. The number of thioether (sulfide) groups is 1. The fraction of sp³-hybridized carbons (Fsp3) is 0.182. The summed E-state index contributed by atoms with van der Waals surface area (Å²) in [7, 11) is 0. The van der Waals surface area contributed by atoms with Crippen molar-refractivity contribution < 1.29 is 9.59 Å². The molecule has 0 unspecified atom stereocenters. The minimum absolute atomic E-state index is 0.0664. The second-order valence-electron chi connectivity index (χ2n) is 6.57. The van der Waals surface area contributed by atoms with E-state index >= 15 is 0 Å². The Morgan fingerprint density at radius 3 is 2.55 bits per heavy atom. The number of nitrogens with zero attached hydrogens (tertiary/aromatic N) is 1. The molecule has 0 saturated carbocycles. The number of amides is 1. The molecule has 2 N–H and O–H groups in total.